The largest absolute Gasteiger partial charge is 0.378 e. The predicted octanol–water partition coefficient (Wildman–Crippen LogP) is 0.432. The van der Waals surface area contributed by atoms with Crippen LogP contribution in [-0.2, 0) is 11.3 Å². The normalized spacial score (nSPS) is 13.3. The maximum absolute atomic E-state index is 5.69. The quantitative estimate of drug-likeness (QED) is 0.743. The van der Waals surface area contributed by atoms with Crippen molar-refractivity contribution in [2.24, 2.45) is 0 Å². The Labute approximate surface area is 90.8 Å². The van der Waals surface area contributed by atoms with Crippen molar-refractivity contribution >= 4 is 5.95 Å². The number of imidazole rings is 1. The second-order valence-corrected chi connectivity index (χ2v) is 3.65. The van der Waals surface area contributed by atoms with Gasteiger partial charge in [-0.25, -0.2) is 4.98 Å². The summed E-state index contributed by atoms with van der Waals surface area (Å²) < 4.78 is 7.31. The molecule has 0 aliphatic rings. The zero-order valence-electron chi connectivity index (χ0n) is 9.68. The molecule has 0 aliphatic carbocycles. The summed E-state index contributed by atoms with van der Waals surface area (Å²) in [6.45, 7) is 4.77. The number of methoxy groups -OCH3 is 1. The van der Waals surface area contributed by atoms with Crippen LogP contribution in [0.5, 0.6) is 0 Å². The molecule has 5 heteroatoms. The van der Waals surface area contributed by atoms with Gasteiger partial charge in [-0.3, -0.25) is 0 Å². The first kappa shape index (κ1) is 12.0. The number of nitrogens with zero attached hydrogens (tertiary/aromatic N) is 3. The maximum Gasteiger partial charge on any atom is 0.200 e. The molecule has 1 atom stereocenters. The van der Waals surface area contributed by atoms with Crippen molar-refractivity contribution in [2.75, 3.05) is 33.0 Å². The Kier molecular flexibility index (Phi) is 4.58. The van der Waals surface area contributed by atoms with Gasteiger partial charge in [0.1, 0.15) is 0 Å². The predicted molar refractivity (Wildman–Crippen MR) is 60.6 cm³/mol. The molecule has 5 nitrogen and oxygen atoms in total. The van der Waals surface area contributed by atoms with Gasteiger partial charge in [0, 0.05) is 26.0 Å². The van der Waals surface area contributed by atoms with Crippen LogP contribution in [0.1, 0.15) is 6.92 Å². The molecule has 15 heavy (non-hydrogen) atoms. The minimum atomic E-state index is 0.145. The molecule has 0 saturated carbocycles. The summed E-state index contributed by atoms with van der Waals surface area (Å²) in [7, 11) is 3.80. The van der Waals surface area contributed by atoms with E-state index in [1.165, 1.54) is 0 Å². The fourth-order valence-corrected chi connectivity index (χ4v) is 1.40. The second-order valence-electron chi connectivity index (χ2n) is 3.65. The fraction of sp³-hybridized carbons (Fsp3) is 0.700. The number of ether oxygens (including phenoxy) is 1. The van der Waals surface area contributed by atoms with Crippen molar-refractivity contribution in [1.82, 2.24) is 14.5 Å². The van der Waals surface area contributed by atoms with Crippen LogP contribution in [0.2, 0.25) is 0 Å². The first-order chi connectivity index (χ1) is 7.17. The van der Waals surface area contributed by atoms with E-state index in [0.717, 1.165) is 19.6 Å². The van der Waals surface area contributed by atoms with E-state index in [1.54, 1.807) is 13.3 Å². The van der Waals surface area contributed by atoms with Crippen molar-refractivity contribution in [3.8, 4) is 0 Å². The topological polar surface area (TPSA) is 56.3 Å². The Morgan fingerprint density at radius 1 is 1.67 bits per heavy atom. The highest BCUT2D eigenvalue weighted by molar-refractivity contribution is 5.16. The molecule has 1 aromatic heterocycles. The van der Waals surface area contributed by atoms with Crippen LogP contribution >= 0.6 is 0 Å². The van der Waals surface area contributed by atoms with Crippen molar-refractivity contribution in [1.29, 1.82) is 0 Å². The molecule has 2 N–H and O–H groups in total. The third kappa shape index (κ3) is 3.53. The Balaban J connectivity index is 2.50. The highest BCUT2D eigenvalue weighted by Gasteiger charge is 2.11. The summed E-state index contributed by atoms with van der Waals surface area (Å²) in [5.74, 6) is 0.538. The van der Waals surface area contributed by atoms with Gasteiger partial charge in [-0.2, -0.15) is 0 Å². The molecule has 86 valence electrons. The number of rotatable bonds is 6. The standard InChI is InChI=1S/C10H20N4O/c1-4-13(2)7-9(15-3)8-14-6-5-12-10(14)11/h5-6,9H,4,7-8H2,1-3H3,(H2,11,12). The Morgan fingerprint density at radius 3 is 2.87 bits per heavy atom. The smallest absolute Gasteiger partial charge is 0.200 e. The molecule has 0 amide bonds. The first-order valence-electron chi connectivity index (χ1n) is 5.15. The Bertz CT molecular complexity index is 287. The number of nitrogens with two attached hydrogens (primary N) is 1. The lowest BCUT2D eigenvalue weighted by Gasteiger charge is -2.22. The fourth-order valence-electron chi connectivity index (χ4n) is 1.40. The van der Waals surface area contributed by atoms with Gasteiger partial charge in [0.05, 0.1) is 12.6 Å². The van der Waals surface area contributed by atoms with E-state index in [0.29, 0.717) is 5.95 Å². The summed E-state index contributed by atoms with van der Waals surface area (Å²) in [5, 5.41) is 0. The average Bonchev–Trinajstić information content (AvgIpc) is 2.63. The van der Waals surface area contributed by atoms with Crippen LogP contribution in [0.4, 0.5) is 5.95 Å². The monoisotopic (exact) mass is 212 g/mol. The zero-order chi connectivity index (χ0) is 11.3. The molecule has 0 fully saturated rings. The lowest BCUT2D eigenvalue weighted by molar-refractivity contribution is 0.0607. The summed E-state index contributed by atoms with van der Waals surface area (Å²) in [6.07, 6.45) is 3.71. The Hall–Kier alpha value is -1.07. The van der Waals surface area contributed by atoms with Crippen LogP contribution in [0.25, 0.3) is 0 Å². The van der Waals surface area contributed by atoms with E-state index < -0.39 is 0 Å². The molecular formula is C10H20N4O. The number of nitrogen functional groups attached to an aromatic ring is 1. The first-order valence-corrected chi connectivity index (χ1v) is 5.15. The van der Waals surface area contributed by atoms with Crippen LogP contribution in [0.3, 0.4) is 0 Å². The van der Waals surface area contributed by atoms with E-state index >= 15 is 0 Å². The SMILES string of the molecule is CCN(C)CC(Cn1ccnc1N)OC. The summed E-state index contributed by atoms with van der Waals surface area (Å²) in [4.78, 5) is 6.18. The molecule has 0 aromatic carbocycles. The van der Waals surface area contributed by atoms with Crippen molar-refractivity contribution in [3.63, 3.8) is 0 Å². The minimum Gasteiger partial charge on any atom is -0.378 e. The molecule has 1 unspecified atom stereocenters. The molecule has 1 heterocycles. The van der Waals surface area contributed by atoms with E-state index in [-0.39, 0.29) is 6.10 Å². The molecule has 0 saturated heterocycles. The van der Waals surface area contributed by atoms with Gasteiger partial charge in [-0.1, -0.05) is 6.92 Å². The van der Waals surface area contributed by atoms with Crippen LogP contribution in [0, 0.1) is 0 Å². The molecule has 1 rings (SSSR count). The zero-order valence-corrected chi connectivity index (χ0v) is 9.68. The van der Waals surface area contributed by atoms with Crippen molar-refractivity contribution in [2.45, 2.75) is 19.6 Å². The van der Waals surface area contributed by atoms with Gasteiger partial charge >= 0.3 is 0 Å². The Morgan fingerprint density at radius 2 is 2.40 bits per heavy atom. The lowest BCUT2D eigenvalue weighted by Crippen LogP contribution is -2.33. The summed E-state index contributed by atoms with van der Waals surface area (Å²) in [5.41, 5.74) is 5.69. The summed E-state index contributed by atoms with van der Waals surface area (Å²) in [6, 6.07) is 0. The van der Waals surface area contributed by atoms with Crippen molar-refractivity contribution in [3.05, 3.63) is 12.4 Å². The van der Waals surface area contributed by atoms with Crippen LogP contribution in [0.15, 0.2) is 12.4 Å². The highest BCUT2D eigenvalue weighted by Crippen LogP contribution is 2.04. The minimum absolute atomic E-state index is 0.145. The van der Waals surface area contributed by atoms with Gasteiger partial charge < -0.3 is 19.9 Å². The number of hydrogen-bond acceptors (Lipinski definition) is 4. The number of aromatic nitrogens is 2. The molecule has 1 aromatic rings. The van der Waals surface area contributed by atoms with Crippen molar-refractivity contribution < 1.29 is 4.74 Å². The van der Waals surface area contributed by atoms with Crippen LogP contribution < -0.4 is 5.73 Å². The summed E-state index contributed by atoms with van der Waals surface area (Å²) >= 11 is 0. The lowest BCUT2D eigenvalue weighted by atomic mass is 10.3. The number of likely N-dealkylation sites (N-methyl/N-ethyl adjacent to an activating group) is 1. The average molecular weight is 212 g/mol. The number of hydrogen-bond donors (Lipinski definition) is 1. The van der Waals surface area contributed by atoms with Crippen LogP contribution in [-0.4, -0.2) is 47.8 Å². The van der Waals surface area contributed by atoms with Gasteiger partial charge in [0.2, 0.25) is 0 Å². The van der Waals surface area contributed by atoms with E-state index in [2.05, 4.69) is 23.9 Å². The molecule has 0 bridgehead atoms. The van der Waals surface area contributed by atoms with E-state index in [1.807, 2.05) is 10.8 Å². The van der Waals surface area contributed by atoms with Gasteiger partial charge in [-0.05, 0) is 13.6 Å². The van der Waals surface area contributed by atoms with E-state index in [4.69, 9.17) is 10.5 Å². The van der Waals surface area contributed by atoms with E-state index in [9.17, 15) is 0 Å². The third-order valence-corrected chi connectivity index (χ3v) is 2.54. The highest BCUT2D eigenvalue weighted by atomic mass is 16.5. The van der Waals surface area contributed by atoms with Gasteiger partial charge in [0.15, 0.2) is 5.95 Å². The maximum atomic E-state index is 5.69. The second kappa shape index (κ2) is 5.72. The molecule has 0 radical (unpaired) electrons. The third-order valence-electron chi connectivity index (χ3n) is 2.54. The number of anilines is 1. The van der Waals surface area contributed by atoms with Gasteiger partial charge in [0.25, 0.3) is 0 Å². The van der Waals surface area contributed by atoms with Gasteiger partial charge in [-0.15, -0.1) is 0 Å². The molecule has 0 spiro atoms. The molecule has 0 aliphatic heterocycles. The molecular weight excluding hydrogens is 192 g/mol.